The lowest BCUT2D eigenvalue weighted by Crippen LogP contribution is -2.39. The van der Waals surface area contributed by atoms with Gasteiger partial charge in [-0.2, -0.15) is 13.2 Å². The number of alkyl halides is 3. The van der Waals surface area contributed by atoms with Crippen LogP contribution >= 0.6 is 0 Å². The predicted molar refractivity (Wildman–Crippen MR) is 110 cm³/mol. The average Bonchev–Trinajstić information content (AvgIpc) is 3.11. The molecule has 0 aromatic heterocycles. The Morgan fingerprint density at radius 2 is 1.91 bits per heavy atom. The largest absolute Gasteiger partial charge is 0.496 e. The summed E-state index contributed by atoms with van der Waals surface area (Å²) in [5.41, 5.74) is 1.71. The number of hydrogen-bond acceptors (Lipinski definition) is 6. The first kappa shape index (κ1) is 25.2. The number of carbonyl (C=O) groups is 3. The summed E-state index contributed by atoms with van der Waals surface area (Å²) >= 11 is 0. The van der Waals surface area contributed by atoms with Crippen molar-refractivity contribution in [3.8, 4) is 5.75 Å². The maximum atomic E-state index is 13.2. The number of anilines is 1. The minimum Gasteiger partial charge on any atom is -0.496 e. The lowest BCUT2D eigenvalue weighted by atomic mass is 9.92. The molecule has 0 N–H and O–H groups in total. The van der Waals surface area contributed by atoms with E-state index < -0.39 is 18.1 Å². The van der Waals surface area contributed by atoms with E-state index in [2.05, 4.69) is 0 Å². The molecule has 0 radical (unpaired) electrons. The van der Waals surface area contributed by atoms with E-state index in [1.807, 2.05) is 0 Å². The second kappa shape index (κ2) is 10.1. The summed E-state index contributed by atoms with van der Waals surface area (Å²) in [6, 6.07) is 0. The number of rotatable bonds is 8. The summed E-state index contributed by atoms with van der Waals surface area (Å²) in [4.78, 5) is 36.4. The van der Waals surface area contributed by atoms with Crippen molar-refractivity contribution in [2.24, 2.45) is 0 Å². The van der Waals surface area contributed by atoms with Crippen molar-refractivity contribution in [2.45, 2.75) is 52.8 Å². The van der Waals surface area contributed by atoms with Gasteiger partial charge in [-0.3, -0.25) is 9.59 Å². The summed E-state index contributed by atoms with van der Waals surface area (Å²) in [6.07, 6.45) is -2.80. The minimum atomic E-state index is -5.13. The van der Waals surface area contributed by atoms with Gasteiger partial charge in [0, 0.05) is 24.6 Å². The van der Waals surface area contributed by atoms with Crippen molar-refractivity contribution in [3.05, 3.63) is 33.9 Å². The molecule has 176 valence electrons. The van der Waals surface area contributed by atoms with Crippen molar-refractivity contribution in [3.63, 3.8) is 0 Å². The number of cyclic esters (lactones) is 1. The Labute approximate surface area is 184 Å². The van der Waals surface area contributed by atoms with Crippen LogP contribution in [0.4, 0.5) is 18.9 Å². The zero-order chi connectivity index (χ0) is 24.2. The van der Waals surface area contributed by atoms with Gasteiger partial charge in [-0.1, -0.05) is 11.6 Å². The number of methoxy groups -OCH3 is 1. The van der Waals surface area contributed by atoms with Gasteiger partial charge in [0.2, 0.25) is 0 Å². The van der Waals surface area contributed by atoms with Crippen LogP contribution in [0.2, 0.25) is 0 Å². The number of amides is 1. The van der Waals surface area contributed by atoms with Crippen LogP contribution in [-0.2, 0) is 32.1 Å². The topological polar surface area (TPSA) is 82.1 Å². The van der Waals surface area contributed by atoms with Gasteiger partial charge < -0.3 is 19.1 Å². The molecule has 1 aliphatic heterocycles. The van der Waals surface area contributed by atoms with Crippen LogP contribution in [0.3, 0.4) is 0 Å². The Balaban J connectivity index is 2.55. The molecule has 1 aliphatic rings. The molecular formula is C22H26F3NO6. The number of nitrogens with zero attached hydrogens (tertiary/aromatic N) is 1. The standard InChI is InChI=1S/C22H26F3NO6/c1-6-31-16(27)10-8-12(2)7-9-14-18(26(4)21(29)22(23,24)25)17-15(11-32-20(17)28)13(3)19(14)30-5/h7H,6,8-11H2,1-5H3/b12-7+. The van der Waals surface area contributed by atoms with Gasteiger partial charge in [0.15, 0.2) is 0 Å². The van der Waals surface area contributed by atoms with E-state index in [0.29, 0.717) is 22.4 Å². The predicted octanol–water partition coefficient (Wildman–Crippen LogP) is 4.03. The van der Waals surface area contributed by atoms with Crippen molar-refractivity contribution in [1.82, 2.24) is 0 Å². The summed E-state index contributed by atoms with van der Waals surface area (Å²) < 4.78 is 55.0. The van der Waals surface area contributed by atoms with Gasteiger partial charge in [0.05, 0.1) is 25.0 Å². The Morgan fingerprint density at radius 1 is 1.25 bits per heavy atom. The second-order valence-electron chi connectivity index (χ2n) is 7.34. The number of benzene rings is 1. The van der Waals surface area contributed by atoms with Crippen LogP contribution in [0.5, 0.6) is 5.75 Å². The van der Waals surface area contributed by atoms with Crippen molar-refractivity contribution >= 4 is 23.5 Å². The Kier molecular flexibility index (Phi) is 7.92. The van der Waals surface area contributed by atoms with Crippen LogP contribution in [0, 0.1) is 6.92 Å². The van der Waals surface area contributed by atoms with E-state index >= 15 is 0 Å². The van der Waals surface area contributed by atoms with Crippen LogP contribution in [-0.4, -0.2) is 44.8 Å². The zero-order valence-electron chi connectivity index (χ0n) is 18.6. The molecule has 0 saturated heterocycles. The van der Waals surface area contributed by atoms with Gasteiger partial charge in [-0.25, -0.2) is 4.79 Å². The third-order valence-electron chi connectivity index (χ3n) is 5.21. The third-order valence-corrected chi connectivity index (χ3v) is 5.21. The fourth-order valence-electron chi connectivity index (χ4n) is 3.60. The number of allylic oxidation sites excluding steroid dienone is 2. The lowest BCUT2D eigenvalue weighted by molar-refractivity contribution is -0.170. The summed E-state index contributed by atoms with van der Waals surface area (Å²) in [6.45, 7) is 5.30. The first-order valence-electron chi connectivity index (χ1n) is 9.99. The maximum Gasteiger partial charge on any atom is 0.471 e. The molecule has 0 fully saturated rings. The molecule has 0 unspecified atom stereocenters. The van der Waals surface area contributed by atoms with Crippen LogP contribution in [0.15, 0.2) is 11.6 Å². The number of hydrogen-bond donors (Lipinski definition) is 0. The Morgan fingerprint density at radius 3 is 2.47 bits per heavy atom. The number of carbonyl (C=O) groups excluding carboxylic acids is 3. The SMILES string of the molecule is CCOC(=O)CC/C(C)=C/Cc1c(OC)c(C)c2c(c1N(C)C(=O)C(F)(F)F)C(=O)OC2. The number of esters is 2. The molecule has 0 spiro atoms. The monoisotopic (exact) mass is 457 g/mol. The highest BCUT2D eigenvalue weighted by atomic mass is 19.4. The first-order chi connectivity index (χ1) is 14.9. The number of fused-ring (bicyclic) bond motifs is 1. The number of ether oxygens (including phenoxy) is 3. The third kappa shape index (κ3) is 5.23. The molecule has 10 heteroatoms. The molecule has 1 aromatic rings. The van der Waals surface area contributed by atoms with Gasteiger partial charge in [-0.15, -0.1) is 0 Å². The second-order valence-corrected chi connectivity index (χ2v) is 7.34. The van der Waals surface area contributed by atoms with Gasteiger partial charge in [0.1, 0.15) is 12.4 Å². The average molecular weight is 457 g/mol. The van der Waals surface area contributed by atoms with Crippen LogP contribution in [0.25, 0.3) is 0 Å². The Bertz CT molecular complexity index is 952. The molecule has 1 aromatic carbocycles. The number of halogens is 3. The molecule has 1 heterocycles. The lowest BCUT2D eigenvalue weighted by Gasteiger charge is -2.26. The highest BCUT2D eigenvalue weighted by molar-refractivity contribution is 6.07. The van der Waals surface area contributed by atoms with E-state index in [1.54, 1.807) is 26.8 Å². The van der Waals surface area contributed by atoms with E-state index in [9.17, 15) is 27.6 Å². The van der Waals surface area contributed by atoms with Crippen LogP contribution in [0.1, 0.15) is 53.7 Å². The quantitative estimate of drug-likeness (QED) is 0.433. The molecule has 0 saturated carbocycles. The van der Waals surface area contributed by atoms with E-state index in [4.69, 9.17) is 14.2 Å². The first-order valence-corrected chi connectivity index (χ1v) is 9.99. The molecule has 0 aliphatic carbocycles. The van der Waals surface area contributed by atoms with E-state index in [-0.39, 0.29) is 54.6 Å². The highest BCUT2D eigenvalue weighted by Crippen LogP contribution is 2.43. The van der Waals surface area contributed by atoms with Crippen molar-refractivity contribution in [2.75, 3.05) is 25.7 Å². The summed E-state index contributed by atoms with van der Waals surface area (Å²) in [5, 5.41) is 0. The molecular weight excluding hydrogens is 431 g/mol. The zero-order valence-corrected chi connectivity index (χ0v) is 18.6. The van der Waals surface area contributed by atoms with E-state index in [1.165, 1.54) is 7.11 Å². The molecule has 7 nitrogen and oxygen atoms in total. The molecule has 0 atom stereocenters. The summed E-state index contributed by atoms with van der Waals surface area (Å²) in [5.74, 6) is -3.00. The Hall–Kier alpha value is -3.04. The van der Waals surface area contributed by atoms with Gasteiger partial charge in [0.25, 0.3) is 0 Å². The summed E-state index contributed by atoms with van der Waals surface area (Å²) in [7, 11) is 2.33. The van der Waals surface area contributed by atoms with Crippen molar-refractivity contribution in [1.29, 1.82) is 0 Å². The molecule has 32 heavy (non-hydrogen) atoms. The molecule has 1 amide bonds. The fraction of sp³-hybridized carbons (Fsp3) is 0.500. The molecule has 2 rings (SSSR count). The minimum absolute atomic E-state index is 0.0732. The van der Waals surface area contributed by atoms with Crippen molar-refractivity contribution < 1.29 is 41.8 Å². The smallest absolute Gasteiger partial charge is 0.471 e. The van der Waals surface area contributed by atoms with Gasteiger partial charge >= 0.3 is 24.0 Å². The molecule has 0 bridgehead atoms. The fourth-order valence-corrected chi connectivity index (χ4v) is 3.60. The normalized spacial score (nSPS) is 13.5. The van der Waals surface area contributed by atoms with Gasteiger partial charge in [-0.05, 0) is 39.2 Å². The van der Waals surface area contributed by atoms with Crippen LogP contribution < -0.4 is 9.64 Å². The van der Waals surface area contributed by atoms with E-state index in [0.717, 1.165) is 12.6 Å². The highest BCUT2D eigenvalue weighted by Gasteiger charge is 2.44. The maximum absolute atomic E-state index is 13.2.